The van der Waals surface area contributed by atoms with Crippen LogP contribution in [0.1, 0.15) is 30.2 Å². The van der Waals surface area contributed by atoms with E-state index in [2.05, 4.69) is 5.10 Å². The number of rotatable bonds is 4. The lowest BCUT2D eigenvalue weighted by atomic mass is 10.1. The van der Waals surface area contributed by atoms with E-state index in [0.29, 0.717) is 23.3 Å². The van der Waals surface area contributed by atoms with Gasteiger partial charge >= 0.3 is 0 Å². The van der Waals surface area contributed by atoms with Crippen molar-refractivity contribution < 1.29 is 13.9 Å². The summed E-state index contributed by atoms with van der Waals surface area (Å²) >= 11 is 0. The van der Waals surface area contributed by atoms with Gasteiger partial charge in [0.1, 0.15) is 17.3 Å². The Hall–Kier alpha value is -2.17. The normalized spacial score (nSPS) is 10.8. The summed E-state index contributed by atoms with van der Waals surface area (Å²) in [6, 6.07) is 4.60. The van der Waals surface area contributed by atoms with Crippen LogP contribution >= 0.6 is 0 Å². The Morgan fingerprint density at radius 1 is 1.42 bits per heavy atom. The Bertz CT molecular complexity index is 605. The SMILES string of the molecule is COc1cccc(F)c1-c1nn(C(C)C)cc1C=O. The summed E-state index contributed by atoms with van der Waals surface area (Å²) in [4.78, 5) is 11.1. The van der Waals surface area contributed by atoms with Gasteiger partial charge in [-0.2, -0.15) is 5.10 Å². The second-order valence-electron chi connectivity index (χ2n) is 4.44. The van der Waals surface area contributed by atoms with Gasteiger partial charge in [-0.1, -0.05) is 6.07 Å². The molecule has 0 aliphatic rings. The number of carbonyl (C=O) groups is 1. The average molecular weight is 262 g/mol. The molecule has 2 aromatic rings. The standard InChI is InChI=1S/C14H15FN2O2/c1-9(2)17-7-10(8-18)14(16-17)13-11(15)5-4-6-12(13)19-3/h4-9H,1-3H3. The Kier molecular flexibility index (Phi) is 3.64. The zero-order valence-corrected chi connectivity index (χ0v) is 11.1. The maximum Gasteiger partial charge on any atom is 0.153 e. The number of ether oxygens (including phenoxy) is 1. The predicted molar refractivity (Wildman–Crippen MR) is 69.9 cm³/mol. The van der Waals surface area contributed by atoms with Crippen LogP contribution in [0.5, 0.6) is 5.75 Å². The first-order chi connectivity index (χ1) is 9.08. The summed E-state index contributed by atoms with van der Waals surface area (Å²) in [7, 11) is 1.46. The Labute approximate surface area is 110 Å². The van der Waals surface area contributed by atoms with Gasteiger partial charge in [-0.15, -0.1) is 0 Å². The van der Waals surface area contributed by atoms with Crippen molar-refractivity contribution >= 4 is 6.29 Å². The molecule has 1 aromatic carbocycles. The lowest BCUT2D eigenvalue weighted by Crippen LogP contribution is -2.01. The minimum Gasteiger partial charge on any atom is -0.496 e. The summed E-state index contributed by atoms with van der Waals surface area (Å²) in [5, 5.41) is 4.29. The molecule has 4 nitrogen and oxygen atoms in total. The van der Waals surface area contributed by atoms with Gasteiger partial charge in [-0.3, -0.25) is 9.48 Å². The molecule has 19 heavy (non-hydrogen) atoms. The van der Waals surface area contributed by atoms with Gasteiger partial charge < -0.3 is 4.74 Å². The van der Waals surface area contributed by atoms with Gasteiger partial charge in [0, 0.05) is 12.2 Å². The van der Waals surface area contributed by atoms with Crippen LogP contribution < -0.4 is 4.74 Å². The van der Waals surface area contributed by atoms with E-state index in [1.165, 1.54) is 13.2 Å². The van der Waals surface area contributed by atoms with Gasteiger partial charge in [-0.05, 0) is 26.0 Å². The van der Waals surface area contributed by atoms with Crippen LogP contribution in [0.3, 0.4) is 0 Å². The first-order valence-electron chi connectivity index (χ1n) is 5.95. The van der Waals surface area contributed by atoms with E-state index in [9.17, 15) is 9.18 Å². The van der Waals surface area contributed by atoms with E-state index in [4.69, 9.17) is 4.74 Å². The Morgan fingerprint density at radius 3 is 2.74 bits per heavy atom. The van der Waals surface area contributed by atoms with Crippen LogP contribution in [0.15, 0.2) is 24.4 Å². The highest BCUT2D eigenvalue weighted by molar-refractivity contribution is 5.87. The smallest absolute Gasteiger partial charge is 0.153 e. The van der Waals surface area contributed by atoms with Crippen molar-refractivity contribution in [1.82, 2.24) is 9.78 Å². The van der Waals surface area contributed by atoms with Gasteiger partial charge in [-0.25, -0.2) is 4.39 Å². The second kappa shape index (κ2) is 5.22. The van der Waals surface area contributed by atoms with E-state index in [-0.39, 0.29) is 11.6 Å². The van der Waals surface area contributed by atoms with Crippen LogP contribution in [-0.4, -0.2) is 23.2 Å². The highest BCUT2D eigenvalue weighted by Gasteiger charge is 2.19. The highest BCUT2D eigenvalue weighted by Crippen LogP contribution is 2.33. The van der Waals surface area contributed by atoms with Gasteiger partial charge in [0.2, 0.25) is 0 Å². The van der Waals surface area contributed by atoms with E-state index < -0.39 is 5.82 Å². The summed E-state index contributed by atoms with van der Waals surface area (Å²) in [6.07, 6.45) is 2.28. The number of halogens is 1. The summed E-state index contributed by atoms with van der Waals surface area (Å²) in [5.74, 6) is -0.103. The number of hydrogen-bond acceptors (Lipinski definition) is 3. The molecular formula is C14H15FN2O2. The molecule has 2 rings (SSSR count). The number of nitrogens with zero attached hydrogens (tertiary/aromatic N) is 2. The molecular weight excluding hydrogens is 247 g/mol. The molecule has 0 radical (unpaired) electrons. The molecule has 0 unspecified atom stereocenters. The summed E-state index contributed by atoms with van der Waals surface area (Å²) in [6.45, 7) is 3.87. The van der Waals surface area contributed by atoms with Crippen molar-refractivity contribution in [3.8, 4) is 17.0 Å². The molecule has 0 spiro atoms. The average Bonchev–Trinajstić information content (AvgIpc) is 2.82. The number of aromatic nitrogens is 2. The topological polar surface area (TPSA) is 44.1 Å². The lowest BCUT2D eigenvalue weighted by Gasteiger charge is -2.08. The number of aldehydes is 1. The molecule has 0 saturated carbocycles. The quantitative estimate of drug-likeness (QED) is 0.795. The third-order valence-corrected chi connectivity index (χ3v) is 2.85. The van der Waals surface area contributed by atoms with E-state index in [0.717, 1.165) is 0 Å². The van der Waals surface area contributed by atoms with Crippen molar-refractivity contribution in [2.24, 2.45) is 0 Å². The number of benzene rings is 1. The molecule has 0 bridgehead atoms. The number of carbonyl (C=O) groups excluding carboxylic acids is 1. The van der Waals surface area contributed by atoms with Crippen molar-refractivity contribution in [2.45, 2.75) is 19.9 Å². The molecule has 100 valence electrons. The zero-order chi connectivity index (χ0) is 14.0. The molecule has 0 atom stereocenters. The fraction of sp³-hybridized carbons (Fsp3) is 0.286. The van der Waals surface area contributed by atoms with Crippen LogP contribution in [0.2, 0.25) is 0 Å². The van der Waals surface area contributed by atoms with Crippen molar-refractivity contribution in [2.75, 3.05) is 7.11 Å². The molecule has 0 aliphatic heterocycles. The fourth-order valence-corrected chi connectivity index (χ4v) is 1.86. The molecule has 0 amide bonds. The second-order valence-corrected chi connectivity index (χ2v) is 4.44. The van der Waals surface area contributed by atoms with E-state index in [1.54, 1.807) is 23.0 Å². The third-order valence-electron chi connectivity index (χ3n) is 2.85. The maximum absolute atomic E-state index is 14.0. The molecule has 5 heteroatoms. The maximum atomic E-state index is 14.0. The van der Waals surface area contributed by atoms with Crippen molar-refractivity contribution in [1.29, 1.82) is 0 Å². The first-order valence-corrected chi connectivity index (χ1v) is 5.95. The number of methoxy groups -OCH3 is 1. The monoisotopic (exact) mass is 262 g/mol. The molecule has 1 heterocycles. The number of hydrogen-bond donors (Lipinski definition) is 0. The Morgan fingerprint density at radius 2 is 2.16 bits per heavy atom. The van der Waals surface area contributed by atoms with Crippen LogP contribution in [0, 0.1) is 5.82 Å². The fourth-order valence-electron chi connectivity index (χ4n) is 1.86. The van der Waals surface area contributed by atoms with Crippen LogP contribution in [0.4, 0.5) is 4.39 Å². The van der Waals surface area contributed by atoms with Gasteiger partial charge in [0.15, 0.2) is 6.29 Å². The summed E-state index contributed by atoms with van der Waals surface area (Å²) in [5.41, 5.74) is 0.863. The first kappa shape index (κ1) is 13.3. The largest absolute Gasteiger partial charge is 0.496 e. The van der Waals surface area contributed by atoms with Crippen molar-refractivity contribution in [3.05, 3.63) is 35.8 Å². The van der Waals surface area contributed by atoms with Crippen LogP contribution in [-0.2, 0) is 0 Å². The molecule has 0 saturated heterocycles. The van der Waals surface area contributed by atoms with Gasteiger partial charge in [0.05, 0.1) is 18.2 Å². The lowest BCUT2D eigenvalue weighted by molar-refractivity contribution is 0.112. The van der Waals surface area contributed by atoms with Crippen molar-refractivity contribution in [3.63, 3.8) is 0 Å². The third kappa shape index (κ3) is 2.36. The minimum atomic E-state index is -0.462. The minimum absolute atomic E-state index is 0.0882. The molecule has 0 fully saturated rings. The Balaban J connectivity index is 2.67. The van der Waals surface area contributed by atoms with E-state index >= 15 is 0 Å². The van der Waals surface area contributed by atoms with Crippen LogP contribution in [0.25, 0.3) is 11.3 Å². The molecule has 1 aromatic heterocycles. The highest BCUT2D eigenvalue weighted by atomic mass is 19.1. The van der Waals surface area contributed by atoms with E-state index in [1.807, 2.05) is 13.8 Å². The zero-order valence-electron chi connectivity index (χ0n) is 11.1. The summed E-state index contributed by atoms with van der Waals surface area (Å²) < 4.78 is 20.8. The molecule has 0 aliphatic carbocycles. The molecule has 0 N–H and O–H groups in total. The van der Waals surface area contributed by atoms with Gasteiger partial charge in [0.25, 0.3) is 0 Å². The predicted octanol–water partition coefficient (Wildman–Crippen LogP) is 3.09.